The van der Waals surface area contributed by atoms with Gasteiger partial charge in [-0.1, -0.05) is 383 Å². The Balaban J connectivity index is 0.000000194. The van der Waals surface area contributed by atoms with E-state index in [-0.39, 0.29) is 78.4 Å². The maximum Gasteiger partial charge on any atom is 0.252 e. The van der Waals surface area contributed by atoms with Crippen LogP contribution in [0, 0.1) is 0 Å². The van der Waals surface area contributed by atoms with E-state index in [9.17, 15) is 0 Å². The first-order valence-electron chi connectivity index (χ1n) is 50.2. The molecule has 4 aliphatic rings. The van der Waals surface area contributed by atoms with Crippen LogP contribution in [-0.2, 0) is 65.0 Å². The molecule has 10 nitrogen and oxygen atoms in total. The summed E-state index contributed by atoms with van der Waals surface area (Å²) in [6.45, 7) is 83.9. The highest BCUT2D eigenvalue weighted by atomic mass is 15.2. The van der Waals surface area contributed by atoms with Gasteiger partial charge in [0.25, 0.3) is 13.4 Å². The number of hydrogen-bond donors (Lipinski definition) is 0. The quantitative estimate of drug-likeness (QED) is 0.137. The number of anilines is 12. The van der Waals surface area contributed by atoms with Gasteiger partial charge in [0.2, 0.25) is 0 Å². The van der Waals surface area contributed by atoms with Crippen molar-refractivity contribution in [2.75, 3.05) is 19.6 Å². The lowest BCUT2D eigenvalue weighted by molar-refractivity contribution is 0.568. The van der Waals surface area contributed by atoms with Crippen LogP contribution in [0.4, 0.5) is 68.2 Å². The van der Waals surface area contributed by atoms with Gasteiger partial charge in [-0.2, -0.15) is 0 Å². The third-order valence-electron chi connectivity index (χ3n) is 28.9. The number of fused-ring (bicyclic) bond motifs is 8. The fourth-order valence-corrected chi connectivity index (χ4v) is 20.0. The van der Waals surface area contributed by atoms with Crippen molar-refractivity contribution in [3.05, 3.63) is 310 Å². The molecule has 0 saturated heterocycles. The number of rotatable bonds is 8. The molecule has 0 unspecified atom stereocenters. The monoisotopic (exact) mass is 1820 g/mol. The Kier molecular flexibility index (Phi) is 24.0. The van der Waals surface area contributed by atoms with Gasteiger partial charge in [0, 0.05) is 90.5 Å². The second-order valence-corrected chi connectivity index (χ2v) is 52.2. The highest BCUT2D eigenvalue weighted by Crippen LogP contribution is 2.54. The average Bonchev–Trinajstić information content (AvgIpc) is 0.693. The van der Waals surface area contributed by atoms with Gasteiger partial charge >= 0.3 is 0 Å². The first-order chi connectivity index (χ1) is 64.0. The molecule has 14 aromatic rings. The zero-order chi connectivity index (χ0) is 99.9. The summed E-state index contributed by atoms with van der Waals surface area (Å²) in [7, 11) is 0. The fourth-order valence-electron chi connectivity index (χ4n) is 20.0. The maximum atomic E-state index is 5.46. The molecule has 0 atom stereocenters. The normalized spacial score (nSPS) is 14.1. The van der Waals surface area contributed by atoms with Gasteiger partial charge in [-0.3, -0.25) is 0 Å². The molecule has 2 aromatic heterocycles. The van der Waals surface area contributed by atoms with E-state index in [1.54, 1.807) is 12.7 Å². The Morgan fingerprint density at radius 3 is 0.580 bits per heavy atom. The van der Waals surface area contributed by atoms with Crippen LogP contribution in [0.25, 0.3) is 45.6 Å². The van der Waals surface area contributed by atoms with Crippen molar-refractivity contribution >= 4 is 114 Å². The molecule has 0 spiro atoms. The minimum atomic E-state index is -0.110. The molecule has 0 amide bonds. The maximum absolute atomic E-state index is 5.46. The average molecular weight is 1820 g/mol. The summed E-state index contributed by atoms with van der Waals surface area (Å²) in [5, 5.41) is 0. The minimum Gasteiger partial charge on any atom is -0.311 e. The third kappa shape index (κ3) is 18.8. The molecule has 0 aliphatic carbocycles. The van der Waals surface area contributed by atoms with Crippen LogP contribution in [0.2, 0.25) is 0 Å². The summed E-state index contributed by atoms with van der Waals surface area (Å²) in [5.74, 6) is 2.55. The summed E-state index contributed by atoms with van der Waals surface area (Å²) < 4.78 is 0. The smallest absolute Gasteiger partial charge is 0.252 e. The summed E-state index contributed by atoms with van der Waals surface area (Å²) in [5.41, 5.74) is 40.2. The van der Waals surface area contributed by atoms with Crippen molar-refractivity contribution < 1.29 is 0 Å². The molecule has 0 bridgehead atoms. The number of benzene rings is 12. The lowest BCUT2D eigenvalue weighted by atomic mass is 9.33. The second-order valence-electron chi connectivity index (χ2n) is 52.2. The van der Waals surface area contributed by atoms with Crippen LogP contribution in [0.3, 0.4) is 0 Å². The highest BCUT2D eigenvalue weighted by molar-refractivity contribution is 7.01. The summed E-state index contributed by atoms with van der Waals surface area (Å²) in [6, 6.07) is 88.8. The van der Waals surface area contributed by atoms with Crippen LogP contribution >= 0.6 is 0 Å². The lowest BCUT2D eigenvalue weighted by Gasteiger charge is -2.45. The topological polar surface area (TPSA) is 90.3 Å². The van der Waals surface area contributed by atoms with Crippen molar-refractivity contribution in [3.8, 4) is 45.6 Å². The SMILES string of the molecule is CC(C)(C)c1cc(N2c3cc(C(C)(C)C)ccc3B3c4ccc(C(C)(C)C)cc4N(c4cc(C(C)(C)C)cc(C(C)(C)C)c4)c4cc(-c5nc(-c6ccccc6)nc(-c6ccccc6)n5)cc2c43)cc(C(C)(C)C)c1.CC(C)(C)c1cc(N2c3cc(C(C)(C)C)ccc3B3c4ccc(C(C)(C)C)cc4N(c4cc(C(C)(C)C)cc(C(C)(C)C)c4)c4cc(-c5ncncn5)cc2c43)cc(C(C)(C)C)c1. The fraction of sp³-hybridized carbons (Fsp3) is 0.381. The predicted octanol–water partition coefficient (Wildman–Crippen LogP) is 30.1. The zero-order valence-corrected chi connectivity index (χ0v) is 89.7. The largest absolute Gasteiger partial charge is 0.311 e. The van der Waals surface area contributed by atoms with Crippen molar-refractivity contribution in [3.63, 3.8) is 0 Å². The van der Waals surface area contributed by atoms with Gasteiger partial charge in [0.15, 0.2) is 23.3 Å². The molecule has 708 valence electrons. The molecule has 0 N–H and O–H groups in total. The minimum absolute atomic E-state index is 0.0243. The Labute approximate surface area is 828 Å². The van der Waals surface area contributed by atoms with Gasteiger partial charge in [0.05, 0.1) is 0 Å². The first-order valence-corrected chi connectivity index (χ1v) is 50.2. The molecule has 0 radical (unpaired) electrons. The van der Waals surface area contributed by atoms with Crippen molar-refractivity contribution in [1.82, 2.24) is 29.9 Å². The molecular formula is C126H148B2N10. The lowest BCUT2D eigenvalue weighted by Crippen LogP contribution is -2.61. The van der Waals surface area contributed by atoms with Crippen LogP contribution in [0.1, 0.15) is 316 Å². The van der Waals surface area contributed by atoms with Gasteiger partial charge in [0.1, 0.15) is 12.7 Å². The molecule has 0 saturated carbocycles. The number of hydrogen-bond acceptors (Lipinski definition) is 10. The van der Waals surface area contributed by atoms with Gasteiger partial charge in [-0.25, -0.2) is 29.9 Å². The van der Waals surface area contributed by atoms with Gasteiger partial charge in [-0.15, -0.1) is 0 Å². The first kappa shape index (κ1) is 97.6. The number of nitrogens with zero attached hydrogens (tertiary/aromatic N) is 10. The van der Waals surface area contributed by atoms with Crippen molar-refractivity contribution in [2.45, 2.75) is 314 Å². The Morgan fingerprint density at radius 2 is 0.377 bits per heavy atom. The number of aromatic nitrogens is 6. The molecule has 4 aliphatic heterocycles. The molecule has 0 fully saturated rings. The Morgan fingerprint density at radius 1 is 0.181 bits per heavy atom. The van der Waals surface area contributed by atoms with Crippen LogP contribution in [0.5, 0.6) is 0 Å². The predicted molar refractivity (Wildman–Crippen MR) is 594 cm³/mol. The molecule has 18 rings (SSSR count). The van der Waals surface area contributed by atoms with E-state index < -0.39 is 0 Å². The van der Waals surface area contributed by atoms with Gasteiger partial charge < -0.3 is 19.6 Å². The van der Waals surface area contributed by atoms with Crippen LogP contribution in [-0.4, -0.2) is 43.3 Å². The van der Waals surface area contributed by atoms with Gasteiger partial charge in [-0.05, 0) is 262 Å². The van der Waals surface area contributed by atoms with Crippen molar-refractivity contribution in [1.29, 1.82) is 0 Å². The highest BCUT2D eigenvalue weighted by Gasteiger charge is 2.49. The summed E-state index contributed by atoms with van der Waals surface area (Å²) in [6.07, 6.45) is 3.23. The molecule has 12 heteroatoms. The van der Waals surface area contributed by atoms with E-state index in [2.05, 4.69) is 492 Å². The van der Waals surface area contributed by atoms with E-state index in [1.165, 1.54) is 134 Å². The Bertz CT molecular complexity index is 6560. The zero-order valence-electron chi connectivity index (χ0n) is 89.7. The summed E-state index contributed by atoms with van der Waals surface area (Å²) >= 11 is 0. The molecule has 6 heterocycles. The van der Waals surface area contributed by atoms with E-state index in [0.29, 0.717) is 23.3 Å². The second kappa shape index (κ2) is 33.9. The van der Waals surface area contributed by atoms with E-state index in [4.69, 9.17) is 24.9 Å². The van der Waals surface area contributed by atoms with Crippen LogP contribution < -0.4 is 52.4 Å². The van der Waals surface area contributed by atoms with Crippen molar-refractivity contribution in [2.24, 2.45) is 0 Å². The van der Waals surface area contributed by atoms with Crippen LogP contribution in [0.15, 0.2) is 243 Å². The molecule has 138 heavy (non-hydrogen) atoms. The standard InChI is InChI=1S/C69H78BN5.C57H70BN5/c1-64(2,3)46-29-31-54-56(41-46)74(52-37-48(66(7,8)9)35-49(38-52)67(10,11)12)58-33-45(63-72-61(43-25-21-19-22-26-43)71-62(73-63)44-27-23-20-24-28-44)34-59-60(58)70(54)55-32-30-47(65(4,5)6)42-57(55)75(59)53-39-50(68(13,14)15)36-51(40-53)69(16,17)18;1-52(2,3)36-19-21-44-46(31-36)62(42-27-38(54(7,8)9)25-39(28-42)55(10,11)12)48-23-35(51-60-33-59-34-61-51)24-49-50(48)58(44)45-22-20-37(53(4,5)6)32-47(45)63(49)43-29-40(56(13,14)15)26-41(30-43)57(16,17)18/h19-42H,1-18H3;19-34H,1-18H3. The Hall–Kier alpha value is -12.0. The third-order valence-corrected chi connectivity index (χ3v) is 28.9. The van der Waals surface area contributed by atoms with E-state index in [0.717, 1.165) is 56.4 Å². The summed E-state index contributed by atoms with van der Waals surface area (Å²) in [4.78, 5) is 40.4. The molecule has 12 aromatic carbocycles. The van der Waals surface area contributed by atoms with E-state index >= 15 is 0 Å². The van der Waals surface area contributed by atoms with E-state index in [1.807, 2.05) is 12.1 Å². The molecular weight excluding hydrogens is 1680 g/mol.